The number of hydrogen-bond donors (Lipinski definition) is 1. The standard InChI is InChI=1S/C11H17N5/c1-8(2)6-16-7-9(5-13-16)10-4-11(12)15(3)14-10/h4-5,7-8H,6,12H2,1-3H3. The molecule has 0 saturated heterocycles. The first kappa shape index (κ1) is 10.7. The van der Waals surface area contributed by atoms with Crippen LogP contribution in [0, 0.1) is 5.92 Å². The summed E-state index contributed by atoms with van der Waals surface area (Å²) in [7, 11) is 1.83. The van der Waals surface area contributed by atoms with Gasteiger partial charge in [-0.1, -0.05) is 13.8 Å². The number of anilines is 1. The molecule has 2 heterocycles. The van der Waals surface area contributed by atoms with E-state index in [1.165, 1.54) is 0 Å². The van der Waals surface area contributed by atoms with Crippen molar-refractivity contribution in [1.29, 1.82) is 0 Å². The molecular weight excluding hydrogens is 202 g/mol. The van der Waals surface area contributed by atoms with Crippen LogP contribution in [0.25, 0.3) is 11.3 Å². The molecule has 0 aliphatic rings. The Hall–Kier alpha value is -1.78. The predicted octanol–water partition coefficient (Wildman–Crippen LogP) is 1.52. The molecule has 0 bridgehead atoms. The van der Waals surface area contributed by atoms with E-state index in [-0.39, 0.29) is 0 Å². The van der Waals surface area contributed by atoms with Crippen LogP contribution in [-0.4, -0.2) is 19.6 Å². The van der Waals surface area contributed by atoms with Crippen LogP contribution in [-0.2, 0) is 13.6 Å². The van der Waals surface area contributed by atoms with Crippen molar-refractivity contribution < 1.29 is 0 Å². The van der Waals surface area contributed by atoms with Gasteiger partial charge >= 0.3 is 0 Å². The summed E-state index contributed by atoms with van der Waals surface area (Å²) in [5.74, 6) is 1.24. The third kappa shape index (κ3) is 2.08. The molecule has 0 fully saturated rings. The summed E-state index contributed by atoms with van der Waals surface area (Å²) in [5, 5.41) is 8.61. The van der Waals surface area contributed by atoms with Crippen LogP contribution in [0.15, 0.2) is 18.5 Å². The Bertz CT molecular complexity index is 461. The van der Waals surface area contributed by atoms with Gasteiger partial charge in [-0.2, -0.15) is 10.2 Å². The predicted molar refractivity (Wildman–Crippen MR) is 63.7 cm³/mol. The van der Waals surface area contributed by atoms with Crippen molar-refractivity contribution in [3.05, 3.63) is 18.5 Å². The number of rotatable bonds is 3. The van der Waals surface area contributed by atoms with E-state index < -0.39 is 0 Å². The van der Waals surface area contributed by atoms with Crippen molar-refractivity contribution >= 4 is 5.82 Å². The quantitative estimate of drug-likeness (QED) is 0.851. The van der Waals surface area contributed by atoms with E-state index in [0.29, 0.717) is 11.7 Å². The van der Waals surface area contributed by atoms with Crippen LogP contribution in [0.2, 0.25) is 0 Å². The third-order valence-corrected chi connectivity index (χ3v) is 2.40. The molecule has 0 aromatic carbocycles. The lowest BCUT2D eigenvalue weighted by Crippen LogP contribution is -2.03. The summed E-state index contributed by atoms with van der Waals surface area (Å²) >= 11 is 0. The second-order valence-electron chi connectivity index (χ2n) is 4.42. The molecule has 2 aromatic rings. The fourth-order valence-corrected chi connectivity index (χ4v) is 1.59. The summed E-state index contributed by atoms with van der Waals surface area (Å²) < 4.78 is 3.60. The largest absolute Gasteiger partial charge is 0.384 e. The van der Waals surface area contributed by atoms with E-state index in [9.17, 15) is 0 Å². The van der Waals surface area contributed by atoms with Crippen LogP contribution < -0.4 is 5.73 Å². The summed E-state index contributed by atoms with van der Waals surface area (Å²) in [6.45, 7) is 5.25. The Morgan fingerprint density at radius 2 is 2.19 bits per heavy atom. The van der Waals surface area contributed by atoms with Gasteiger partial charge in [0.1, 0.15) is 5.82 Å². The smallest absolute Gasteiger partial charge is 0.121 e. The highest BCUT2D eigenvalue weighted by Gasteiger charge is 2.07. The van der Waals surface area contributed by atoms with Crippen molar-refractivity contribution in [3.63, 3.8) is 0 Å². The van der Waals surface area contributed by atoms with Crippen molar-refractivity contribution in [2.45, 2.75) is 20.4 Å². The molecule has 0 aliphatic carbocycles. The van der Waals surface area contributed by atoms with E-state index in [1.807, 2.05) is 30.2 Å². The van der Waals surface area contributed by atoms with E-state index in [0.717, 1.165) is 17.8 Å². The first-order valence-electron chi connectivity index (χ1n) is 5.38. The SMILES string of the molecule is CC(C)Cn1cc(-c2cc(N)n(C)n2)cn1. The van der Waals surface area contributed by atoms with Crippen LogP contribution in [0.4, 0.5) is 5.82 Å². The summed E-state index contributed by atoms with van der Waals surface area (Å²) in [6.07, 6.45) is 3.83. The summed E-state index contributed by atoms with van der Waals surface area (Å²) in [4.78, 5) is 0. The first-order valence-corrected chi connectivity index (χ1v) is 5.38. The molecule has 0 radical (unpaired) electrons. The highest BCUT2D eigenvalue weighted by molar-refractivity contribution is 5.60. The van der Waals surface area contributed by atoms with Crippen LogP contribution in [0.5, 0.6) is 0 Å². The van der Waals surface area contributed by atoms with Gasteiger partial charge < -0.3 is 5.73 Å². The molecule has 5 nitrogen and oxygen atoms in total. The maximum absolute atomic E-state index is 5.74. The van der Waals surface area contributed by atoms with Gasteiger partial charge in [-0.15, -0.1) is 0 Å². The molecule has 0 spiro atoms. The molecule has 5 heteroatoms. The van der Waals surface area contributed by atoms with Gasteiger partial charge in [-0.05, 0) is 5.92 Å². The average Bonchev–Trinajstić information content (AvgIpc) is 2.74. The van der Waals surface area contributed by atoms with Crippen molar-refractivity contribution in [2.24, 2.45) is 13.0 Å². The van der Waals surface area contributed by atoms with Crippen LogP contribution in [0.1, 0.15) is 13.8 Å². The minimum absolute atomic E-state index is 0.585. The maximum atomic E-state index is 5.74. The second kappa shape index (κ2) is 4.00. The van der Waals surface area contributed by atoms with Crippen molar-refractivity contribution in [3.8, 4) is 11.3 Å². The normalized spacial score (nSPS) is 11.2. The molecule has 16 heavy (non-hydrogen) atoms. The first-order chi connectivity index (χ1) is 7.56. The Morgan fingerprint density at radius 3 is 2.75 bits per heavy atom. The lowest BCUT2D eigenvalue weighted by molar-refractivity contribution is 0.483. The van der Waals surface area contributed by atoms with Gasteiger partial charge in [0.05, 0.1) is 11.9 Å². The van der Waals surface area contributed by atoms with Gasteiger partial charge in [0.2, 0.25) is 0 Å². The maximum Gasteiger partial charge on any atom is 0.121 e. The van der Waals surface area contributed by atoms with Crippen LogP contribution >= 0.6 is 0 Å². The minimum Gasteiger partial charge on any atom is -0.384 e. The fourth-order valence-electron chi connectivity index (χ4n) is 1.59. The molecule has 0 aliphatic heterocycles. The van der Waals surface area contributed by atoms with E-state index in [2.05, 4.69) is 24.0 Å². The van der Waals surface area contributed by atoms with E-state index in [4.69, 9.17) is 5.73 Å². The molecule has 0 unspecified atom stereocenters. The lowest BCUT2D eigenvalue weighted by Gasteiger charge is -2.02. The van der Waals surface area contributed by atoms with Gasteiger partial charge in [0.15, 0.2) is 0 Å². The zero-order chi connectivity index (χ0) is 11.7. The Balaban J connectivity index is 2.24. The fraction of sp³-hybridized carbons (Fsp3) is 0.455. The topological polar surface area (TPSA) is 61.7 Å². The summed E-state index contributed by atoms with van der Waals surface area (Å²) in [5.41, 5.74) is 7.62. The zero-order valence-corrected chi connectivity index (χ0v) is 9.88. The Morgan fingerprint density at radius 1 is 1.44 bits per heavy atom. The monoisotopic (exact) mass is 219 g/mol. The number of hydrogen-bond acceptors (Lipinski definition) is 3. The second-order valence-corrected chi connectivity index (χ2v) is 4.42. The number of nitrogens with zero attached hydrogens (tertiary/aromatic N) is 4. The summed E-state index contributed by atoms with van der Waals surface area (Å²) in [6, 6.07) is 1.86. The average molecular weight is 219 g/mol. The minimum atomic E-state index is 0.585. The van der Waals surface area contributed by atoms with E-state index >= 15 is 0 Å². The Labute approximate surface area is 94.9 Å². The number of aromatic nitrogens is 4. The van der Waals surface area contributed by atoms with Gasteiger partial charge in [0.25, 0.3) is 0 Å². The highest BCUT2D eigenvalue weighted by Crippen LogP contribution is 2.19. The van der Waals surface area contributed by atoms with Crippen molar-refractivity contribution in [1.82, 2.24) is 19.6 Å². The van der Waals surface area contributed by atoms with Crippen LogP contribution in [0.3, 0.4) is 0 Å². The molecule has 0 amide bonds. The Kier molecular flexibility index (Phi) is 2.68. The molecule has 0 atom stereocenters. The molecule has 2 aromatic heterocycles. The number of nitrogen functional groups attached to an aromatic ring is 1. The molecule has 0 saturated carbocycles. The van der Waals surface area contributed by atoms with Crippen molar-refractivity contribution in [2.75, 3.05) is 5.73 Å². The molecule has 2 rings (SSSR count). The molecule has 2 N–H and O–H groups in total. The van der Waals surface area contributed by atoms with Gasteiger partial charge in [-0.3, -0.25) is 9.36 Å². The number of nitrogens with two attached hydrogens (primary N) is 1. The molecule has 86 valence electrons. The van der Waals surface area contributed by atoms with E-state index in [1.54, 1.807) is 4.68 Å². The zero-order valence-electron chi connectivity index (χ0n) is 9.88. The number of aryl methyl sites for hydroxylation is 1. The lowest BCUT2D eigenvalue weighted by atomic mass is 10.2. The third-order valence-electron chi connectivity index (χ3n) is 2.40. The van der Waals surface area contributed by atoms with Gasteiger partial charge in [-0.25, -0.2) is 0 Å². The molecular formula is C11H17N5. The van der Waals surface area contributed by atoms with Gasteiger partial charge in [0, 0.05) is 31.4 Å². The highest BCUT2D eigenvalue weighted by atomic mass is 15.3.